The molecule has 2 unspecified atom stereocenters. The summed E-state index contributed by atoms with van der Waals surface area (Å²) in [4.78, 5) is 0. The first kappa shape index (κ1) is 11.3. The zero-order valence-corrected chi connectivity index (χ0v) is 10.1. The molecular formula is C10H10Cl3NO. The van der Waals surface area contributed by atoms with Crippen molar-refractivity contribution in [1.29, 1.82) is 0 Å². The second kappa shape index (κ2) is 4.79. The first-order chi connectivity index (χ1) is 7.18. The molecule has 1 aliphatic rings. The van der Waals surface area contributed by atoms with Gasteiger partial charge in [0.25, 0.3) is 0 Å². The zero-order chi connectivity index (χ0) is 10.8. The van der Waals surface area contributed by atoms with E-state index in [0.717, 1.165) is 12.1 Å². The van der Waals surface area contributed by atoms with E-state index in [0.29, 0.717) is 16.7 Å². The number of halogens is 3. The summed E-state index contributed by atoms with van der Waals surface area (Å²) >= 11 is 17.9. The molecule has 1 aromatic rings. The molecule has 0 amide bonds. The van der Waals surface area contributed by atoms with Crippen LogP contribution in [0.1, 0.15) is 6.42 Å². The van der Waals surface area contributed by atoms with Gasteiger partial charge in [0.15, 0.2) is 5.56 Å². The van der Waals surface area contributed by atoms with Crippen LogP contribution in [0.15, 0.2) is 18.2 Å². The first-order valence-electron chi connectivity index (χ1n) is 4.64. The summed E-state index contributed by atoms with van der Waals surface area (Å²) in [5, 5.41) is 4.28. The van der Waals surface area contributed by atoms with Crippen LogP contribution in [0.2, 0.25) is 10.0 Å². The van der Waals surface area contributed by atoms with Gasteiger partial charge in [-0.25, -0.2) is 0 Å². The molecule has 1 saturated heterocycles. The van der Waals surface area contributed by atoms with Crippen molar-refractivity contribution >= 4 is 40.5 Å². The molecule has 0 saturated carbocycles. The van der Waals surface area contributed by atoms with E-state index in [4.69, 9.17) is 39.5 Å². The summed E-state index contributed by atoms with van der Waals surface area (Å²) in [5.74, 6) is 0. The van der Waals surface area contributed by atoms with Gasteiger partial charge in [0.2, 0.25) is 0 Å². The van der Waals surface area contributed by atoms with Gasteiger partial charge in [-0.05, 0) is 18.6 Å². The number of benzene rings is 1. The molecule has 2 rings (SSSR count). The van der Waals surface area contributed by atoms with E-state index in [1.54, 1.807) is 6.07 Å². The maximum Gasteiger partial charge on any atom is 0.151 e. The Morgan fingerprint density at radius 2 is 2.13 bits per heavy atom. The van der Waals surface area contributed by atoms with Crippen LogP contribution in [0.4, 0.5) is 5.69 Å². The minimum Gasteiger partial charge on any atom is -0.377 e. The van der Waals surface area contributed by atoms with Gasteiger partial charge in [-0.3, -0.25) is 0 Å². The molecule has 1 fully saturated rings. The van der Waals surface area contributed by atoms with Crippen LogP contribution >= 0.6 is 34.8 Å². The molecule has 15 heavy (non-hydrogen) atoms. The number of ether oxygens (including phenoxy) is 1. The molecule has 0 spiro atoms. The highest BCUT2D eigenvalue weighted by molar-refractivity contribution is 6.43. The van der Waals surface area contributed by atoms with Gasteiger partial charge in [0.1, 0.15) is 0 Å². The van der Waals surface area contributed by atoms with E-state index in [-0.39, 0.29) is 11.6 Å². The van der Waals surface area contributed by atoms with Gasteiger partial charge in [0.05, 0.1) is 28.4 Å². The highest BCUT2D eigenvalue weighted by Gasteiger charge is 2.26. The summed E-state index contributed by atoms with van der Waals surface area (Å²) in [5.41, 5.74) is 0.491. The molecule has 1 heterocycles. The van der Waals surface area contributed by atoms with Crippen LogP contribution in [0, 0.1) is 0 Å². The highest BCUT2D eigenvalue weighted by atomic mass is 35.5. The van der Waals surface area contributed by atoms with Crippen molar-refractivity contribution in [2.45, 2.75) is 18.0 Å². The summed E-state index contributed by atoms with van der Waals surface area (Å²) in [6, 6.07) is 5.55. The maximum absolute atomic E-state index is 6.04. The zero-order valence-electron chi connectivity index (χ0n) is 7.84. The van der Waals surface area contributed by atoms with Gasteiger partial charge in [-0.15, -0.1) is 0 Å². The monoisotopic (exact) mass is 265 g/mol. The Kier molecular flexibility index (Phi) is 3.62. The highest BCUT2D eigenvalue weighted by Crippen LogP contribution is 2.31. The number of hydrogen-bond donors (Lipinski definition) is 1. The lowest BCUT2D eigenvalue weighted by atomic mass is 10.2. The normalized spacial score (nSPS) is 25.5. The summed E-state index contributed by atoms with van der Waals surface area (Å²) in [6.07, 6.45) is 0.872. The van der Waals surface area contributed by atoms with E-state index in [9.17, 15) is 0 Å². The van der Waals surface area contributed by atoms with Crippen LogP contribution in [0.5, 0.6) is 0 Å². The fraction of sp³-hybridized carbons (Fsp3) is 0.400. The van der Waals surface area contributed by atoms with Crippen molar-refractivity contribution in [3.05, 3.63) is 28.2 Å². The number of alkyl halides is 1. The largest absolute Gasteiger partial charge is 0.377 e. The van der Waals surface area contributed by atoms with Crippen LogP contribution in [0.25, 0.3) is 0 Å². The van der Waals surface area contributed by atoms with Crippen LogP contribution in [-0.4, -0.2) is 18.2 Å². The third kappa shape index (κ3) is 2.51. The molecule has 0 aromatic heterocycles. The van der Waals surface area contributed by atoms with E-state index in [1.165, 1.54) is 0 Å². The number of hydrogen-bond acceptors (Lipinski definition) is 2. The Bertz CT molecular complexity index is 359. The minimum absolute atomic E-state index is 0.0858. The van der Waals surface area contributed by atoms with Crippen LogP contribution in [0.3, 0.4) is 0 Å². The molecule has 2 atom stereocenters. The molecule has 0 bridgehead atoms. The quantitative estimate of drug-likeness (QED) is 0.823. The van der Waals surface area contributed by atoms with Crippen molar-refractivity contribution in [1.82, 2.24) is 0 Å². The Morgan fingerprint density at radius 1 is 1.33 bits per heavy atom. The smallest absolute Gasteiger partial charge is 0.151 e. The Morgan fingerprint density at radius 3 is 2.80 bits per heavy atom. The topological polar surface area (TPSA) is 21.3 Å². The van der Waals surface area contributed by atoms with E-state index in [1.807, 2.05) is 12.1 Å². The lowest BCUT2D eigenvalue weighted by molar-refractivity contribution is 0.165. The van der Waals surface area contributed by atoms with Gasteiger partial charge < -0.3 is 10.1 Å². The van der Waals surface area contributed by atoms with Crippen molar-refractivity contribution in [2.75, 3.05) is 11.9 Å². The molecule has 1 N–H and O–H groups in total. The molecule has 5 heteroatoms. The SMILES string of the molecule is Clc1cccc(NC2CCOC2Cl)c1Cl. The third-order valence-corrected chi connectivity index (χ3v) is 3.56. The Balaban J connectivity index is 2.13. The van der Waals surface area contributed by atoms with E-state index < -0.39 is 0 Å². The second-order valence-corrected chi connectivity index (χ2v) is 4.58. The van der Waals surface area contributed by atoms with Crippen molar-refractivity contribution in [3.63, 3.8) is 0 Å². The average molecular weight is 267 g/mol. The first-order valence-corrected chi connectivity index (χ1v) is 5.84. The summed E-state index contributed by atoms with van der Waals surface area (Å²) in [7, 11) is 0. The number of nitrogens with one attached hydrogen (secondary N) is 1. The molecule has 0 aliphatic carbocycles. The predicted octanol–water partition coefficient (Wildman–Crippen LogP) is 3.76. The summed E-state index contributed by atoms with van der Waals surface area (Å²) < 4.78 is 5.23. The van der Waals surface area contributed by atoms with Crippen LogP contribution in [-0.2, 0) is 4.74 Å². The second-order valence-electron chi connectivity index (χ2n) is 3.36. The fourth-order valence-corrected chi connectivity index (χ4v) is 2.14. The number of anilines is 1. The van der Waals surface area contributed by atoms with Crippen LogP contribution < -0.4 is 5.32 Å². The predicted molar refractivity (Wildman–Crippen MR) is 64.1 cm³/mol. The third-order valence-electron chi connectivity index (χ3n) is 2.31. The molecular weight excluding hydrogens is 256 g/mol. The lowest BCUT2D eigenvalue weighted by Gasteiger charge is -2.17. The Hall–Kier alpha value is -0.150. The molecule has 0 radical (unpaired) electrons. The van der Waals surface area contributed by atoms with Crippen molar-refractivity contribution < 1.29 is 4.74 Å². The molecule has 1 aromatic carbocycles. The van der Waals surface area contributed by atoms with E-state index >= 15 is 0 Å². The molecule has 1 aliphatic heterocycles. The minimum atomic E-state index is -0.306. The lowest BCUT2D eigenvalue weighted by Crippen LogP contribution is -2.25. The van der Waals surface area contributed by atoms with Gasteiger partial charge in [-0.2, -0.15) is 0 Å². The Labute approximate surface area is 103 Å². The average Bonchev–Trinajstić information content (AvgIpc) is 2.60. The fourth-order valence-electron chi connectivity index (χ4n) is 1.51. The number of rotatable bonds is 2. The molecule has 82 valence electrons. The van der Waals surface area contributed by atoms with Gasteiger partial charge in [-0.1, -0.05) is 40.9 Å². The summed E-state index contributed by atoms with van der Waals surface area (Å²) in [6.45, 7) is 0.671. The van der Waals surface area contributed by atoms with Crippen molar-refractivity contribution in [3.8, 4) is 0 Å². The van der Waals surface area contributed by atoms with Gasteiger partial charge in [0, 0.05) is 0 Å². The maximum atomic E-state index is 6.04. The van der Waals surface area contributed by atoms with Gasteiger partial charge >= 0.3 is 0 Å². The van der Waals surface area contributed by atoms with Crippen molar-refractivity contribution in [2.24, 2.45) is 0 Å². The molecule has 2 nitrogen and oxygen atoms in total. The van der Waals surface area contributed by atoms with E-state index in [2.05, 4.69) is 5.32 Å². The standard InChI is InChI=1S/C10H10Cl3NO/c11-6-2-1-3-7(9(6)12)14-8-4-5-15-10(8)13/h1-3,8,10,14H,4-5H2.